The molecule has 0 fully saturated rings. The molecule has 0 heterocycles. The van der Waals surface area contributed by atoms with Crippen LogP contribution in [0.5, 0.6) is 5.75 Å². The number of hydrogen-bond donors (Lipinski definition) is 0. The highest BCUT2D eigenvalue weighted by Crippen LogP contribution is 2.23. The van der Waals surface area contributed by atoms with E-state index in [2.05, 4.69) is 6.58 Å². The molecule has 0 amide bonds. The molecule has 110 valence electrons. The van der Waals surface area contributed by atoms with Crippen molar-refractivity contribution in [2.45, 2.75) is 12.8 Å². The van der Waals surface area contributed by atoms with Crippen LogP contribution in [0, 0.1) is 0 Å². The van der Waals surface area contributed by atoms with Crippen LogP contribution in [0.1, 0.15) is 18.4 Å². The molecule has 0 unspecified atom stereocenters. The molecule has 0 saturated heterocycles. The maximum atomic E-state index is 11.2. The van der Waals surface area contributed by atoms with E-state index in [1.807, 2.05) is 54.6 Å². The molecule has 3 heteroatoms. The molecule has 0 radical (unpaired) electrons. The lowest BCUT2D eigenvalue weighted by Gasteiger charge is -2.11. The molecule has 2 aliphatic carbocycles. The van der Waals surface area contributed by atoms with Crippen LogP contribution in [0.3, 0.4) is 0 Å². The van der Waals surface area contributed by atoms with E-state index in [4.69, 9.17) is 9.78 Å². The van der Waals surface area contributed by atoms with Crippen molar-refractivity contribution < 1.29 is 14.6 Å². The van der Waals surface area contributed by atoms with Gasteiger partial charge in [0.25, 0.3) is 0 Å². The van der Waals surface area contributed by atoms with E-state index in [9.17, 15) is 4.79 Å². The van der Waals surface area contributed by atoms with Gasteiger partial charge in [0, 0.05) is 6.42 Å². The second-order valence-corrected chi connectivity index (χ2v) is 5.16. The van der Waals surface area contributed by atoms with Crippen LogP contribution in [0.2, 0.25) is 0 Å². The van der Waals surface area contributed by atoms with Crippen molar-refractivity contribution in [1.29, 1.82) is 0 Å². The third-order valence-electron chi connectivity index (χ3n) is 3.44. The van der Waals surface area contributed by atoms with E-state index in [1.165, 1.54) is 0 Å². The Kier molecular flexibility index (Phi) is 4.05. The molecule has 1 aromatic carbocycles. The number of allylic oxidation sites excluding steroid dienone is 8. The van der Waals surface area contributed by atoms with Crippen LogP contribution in [0.25, 0.3) is 5.57 Å². The molecule has 0 N–H and O–H groups in total. The normalized spacial score (nSPS) is 17.1. The lowest BCUT2D eigenvalue weighted by Crippen LogP contribution is -1.99. The van der Waals surface area contributed by atoms with Gasteiger partial charge in [-0.3, -0.25) is 14.6 Å². The first kappa shape index (κ1) is 14.1. The Morgan fingerprint density at radius 3 is 2.32 bits per heavy atom. The van der Waals surface area contributed by atoms with E-state index in [1.54, 1.807) is 6.08 Å². The highest BCUT2D eigenvalue weighted by Gasteiger charge is 2.07. The molecule has 1 aromatic rings. The molecule has 2 aliphatic rings. The molecular weight excluding hydrogens is 276 g/mol. The first-order chi connectivity index (χ1) is 10.7. The van der Waals surface area contributed by atoms with Gasteiger partial charge in [-0.05, 0) is 47.9 Å². The first-order valence-corrected chi connectivity index (χ1v) is 7.13. The van der Waals surface area contributed by atoms with Crippen LogP contribution in [0.15, 0.2) is 78.6 Å². The zero-order valence-electron chi connectivity index (χ0n) is 12.1. The lowest BCUT2D eigenvalue weighted by molar-refractivity contribution is -0.161. The van der Waals surface area contributed by atoms with Gasteiger partial charge in [-0.2, -0.15) is 0 Å². The summed E-state index contributed by atoms with van der Waals surface area (Å²) in [4.78, 5) is 21.7. The van der Waals surface area contributed by atoms with Gasteiger partial charge in [0.05, 0.1) is 0 Å². The van der Waals surface area contributed by atoms with Crippen LogP contribution < -0.4 is 4.89 Å². The minimum absolute atomic E-state index is 0.133. The molecule has 0 aromatic heterocycles. The summed E-state index contributed by atoms with van der Waals surface area (Å²) in [5, 5.41) is 0. The summed E-state index contributed by atoms with van der Waals surface area (Å²) in [6.07, 6.45) is 12.3. The Labute approximate surface area is 129 Å². The maximum absolute atomic E-state index is 11.2. The number of rotatable bonds is 4. The Morgan fingerprint density at radius 2 is 1.68 bits per heavy atom. The van der Waals surface area contributed by atoms with Crippen molar-refractivity contribution >= 4 is 11.4 Å². The number of benzene rings is 1. The first-order valence-electron chi connectivity index (χ1n) is 7.13. The third kappa shape index (κ3) is 3.44. The fraction of sp³-hybridized carbons (Fsp3) is 0.105. The van der Waals surface area contributed by atoms with E-state index in [-0.39, 0.29) is 5.78 Å². The molecule has 3 nitrogen and oxygen atoms in total. The molecular formula is C19H16O3. The SMILES string of the molecule is C=C1C=CC(OOc2ccc(C3=CCC(=O)C=C3)cc2)=CC1. The van der Waals surface area contributed by atoms with Gasteiger partial charge in [-0.1, -0.05) is 42.5 Å². The highest BCUT2D eigenvalue weighted by atomic mass is 17.2. The standard InChI is InChI=1S/C19H16O3/c1-14-2-10-18(11-3-14)21-22-19-12-6-16(7-13-19)15-4-8-17(20)9-5-15/h2,4-8,10-13H,1,3,9H2. The molecule has 0 atom stereocenters. The highest BCUT2D eigenvalue weighted by molar-refractivity contribution is 5.97. The van der Waals surface area contributed by atoms with Gasteiger partial charge >= 0.3 is 0 Å². The van der Waals surface area contributed by atoms with Crippen LogP contribution in [-0.2, 0) is 9.68 Å². The average Bonchev–Trinajstić information content (AvgIpc) is 2.56. The number of carbonyl (C=O) groups is 1. The maximum Gasteiger partial charge on any atom is 0.178 e. The van der Waals surface area contributed by atoms with E-state index in [0.717, 1.165) is 23.1 Å². The Balaban J connectivity index is 1.60. The van der Waals surface area contributed by atoms with Gasteiger partial charge in [-0.15, -0.1) is 0 Å². The van der Waals surface area contributed by atoms with Crippen molar-refractivity contribution in [2.75, 3.05) is 0 Å². The Hall–Kier alpha value is -2.81. The minimum atomic E-state index is 0.133. The number of carbonyl (C=O) groups excluding carboxylic acids is 1. The minimum Gasteiger partial charge on any atom is -0.295 e. The summed E-state index contributed by atoms with van der Waals surface area (Å²) in [6.45, 7) is 3.87. The summed E-state index contributed by atoms with van der Waals surface area (Å²) in [5.41, 5.74) is 3.14. The smallest absolute Gasteiger partial charge is 0.178 e. The molecule has 0 aliphatic heterocycles. The van der Waals surface area contributed by atoms with E-state index in [0.29, 0.717) is 17.9 Å². The third-order valence-corrected chi connectivity index (χ3v) is 3.44. The van der Waals surface area contributed by atoms with Gasteiger partial charge in [0.1, 0.15) is 0 Å². The van der Waals surface area contributed by atoms with E-state index < -0.39 is 0 Å². The van der Waals surface area contributed by atoms with Crippen LogP contribution in [0.4, 0.5) is 0 Å². The molecule has 0 spiro atoms. The van der Waals surface area contributed by atoms with Crippen molar-refractivity contribution in [3.63, 3.8) is 0 Å². The van der Waals surface area contributed by atoms with Crippen molar-refractivity contribution in [1.82, 2.24) is 0 Å². The Morgan fingerprint density at radius 1 is 0.864 bits per heavy atom. The predicted octanol–water partition coefficient (Wildman–Crippen LogP) is 4.31. The zero-order valence-corrected chi connectivity index (χ0v) is 12.1. The second-order valence-electron chi connectivity index (χ2n) is 5.16. The largest absolute Gasteiger partial charge is 0.295 e. The van der Waals surface area contributed by atoms with Gasteiger partial charge in [0.15, 0.2) is 17.3 Å². The molecule has 0 saturated carbocycles. The van der Waals surface area contributed by atoms with Crippen LogP contribution in [-0.4, -0.2) is 5.78 Å². The monoisotopic (exact) mass is 292 g/mol. The predicted molar refractivity (Wildman–Crippen MR) is 85.9 cm³/mol. The molecule has 3 rings (SSSR count). The number of ketones is 1. The quantitative estimate of drug-likeness (QED) is 0.613. The lowest BCUT2D eigenvalue weighted by atomic mass is 9.99. The topological polar surface area (TPSA) is 35.5 Å². The van der Waals surface area contributed by atoms with Crippen molar-refractivity contribution in [3.8, 4) is 5.75 Å². The number of hydrogen-bond acceptors (Lipinski definition) is 3. The molecule has 0 bridgehead atoms. The van der Waals surface area contributed by atoms with Gasteiger partial charge < -0.3 is 0 Å². The summed E-state index contributed by atoms with van der Waals surface area (Å²) < 4.78 is 0. The fourth-order valence-corrected chi connectivity index (χ4v) is 2.17. The average molecular weight is 292 g/mol. The summed E-state index contributed by atoms with van der Waals surface area (Å²) in [6, 6.07) is 7.56. The van der Waals surface area contributed by atoms with Crippen LogP contribution >= 0.6 is 0 Å². The Bertz CT molecular complexity index is 716. The zero-order chi connectivity index (χ0) is 15.4. The second kappa shape index (κ2) is 6.31. The fourth-order valence-electron chi connectivity index (χ4n) is 2.17. The van der Waals surface area contributed by atoms with E-state index >= 15 is 0 Å². The summed E-state index contributed by atoms with van der Waals surface area (Å²) in [5.74, 6) is 1.43. The summed E-state index contributed by atoms with van der Waals surface area (Å²) >= 11 is 0. The molecule has 22 heavy (non-hydrogen) atoms. The van der Waals surface area contributed by atoms with Gasteiger partial charge in [0.2, 0.25) is 0 Å². The van der Waals surface area contributed by atoms with Crippen molar-refractivity contribution in [2.24, 2.45) is 0 Å². The summed E-state index contributed by atoms with van der Waals surface area (Å²) in [7, 11) is 0. The van der Waals surface area contributed by atoms with Crippen molar-refractivity contribution in [3.05, 3.63) is 84.2 Å². The van der Waals surface area contributed by atoms with Gasteiger partial charge in [-0.25, -0.2) is 0 Å².